The second-order valence-corrected chi connectivity index (χ2v) is 14.8. The summed E-state index contributed by atoms with van der Waals surface area (Å²) in [6.45, 7) is 5.94. The number of benzene rings is 9. The zero-order valence-corrected chi connectivity index (χ0v) is 31.4. The molecule has 11 rings (SSSR count). The Morgan fingerprint density at radius 3 is 1.61 bits per heavy atom. The third-order valence-electron chi connectivity index (χ3n) is 11.6. The molecule has 0 fully saturated rings. The van der Waals surface area contributed by atoms with E-state index in [4.69, 9.17) is 8.83 Å². The largest absolute Gasteiger partial charge is 0.460 e. The Morgan fingerprint density at radius 2 is 0.965 bits per heavy atom. The van der Waals surface area contributed by atoms with Crippen LogP contribution in [0.3, 0.4) is 0 Å². The van der Waals surface area contributed by atoms with Crippen LogP contribution in [-0.2, 0) is 0 Å². The van der Waals surface area contributed by atoms with Gasteiger partial charge in [0.15, 0.2) is 0 Å². The van der Waals surface area contributed by atoms with E-state index >= 15 is 0 Å². The lowest BCUT2D eigenvalue weighted by molar-refractivity contribution is 0.580. The third-order valence-corrected chi connectivity index (χ3v) is 11.6. The van der Waals surface area contributed by atoms with Gasteiger partial charge < -0.3 is 8.83 Å². The molecule has 0 radical (unpaired) electrons. The van der Waals surface area contributed by atoms with Crippen LogP contribution in [0, 0.1) is 6.92 Å². The Morgan fingerprint density at radius 1 is 0.439 bits per heavy atom. The van der Waals surface area contributed by atoms with Crippen molar-refractivity contribution in [2.75, 3.05) is 0 Å². The first-order chi connectivity index (χ1) is 28.2. The molecular formula is C55H36O2. The van der Waals surface area contributed by atoms with Crippen LogP contribution in [-0.4, -0.2) is 0 Å². The van der Waals surface area contributed by atoms with Crippen LogP contribution < -0.4 is 0 Å². The van der Waals surface area contributed by atoms with Gasteiger partial charge in [-0.1, -0.05) is 170 Å². The second kappa shape index (κ2) is 13.1. The van der Waals surface area contributed by atoms with Crippen LogP contribution in [0.25, 0.3) is 116 Å². The van der Waals surface area contributed by atoms with Crippen LogP contribution in [0.1, 0.15) is 11.3 Å². The molecule has 0 aliphatic heterocycles. The molecule has 2 heteroatoms. The van der Waals surface area contributed by atoms with Crippen molar-refractivity contribution < 1.29 is 8.83 Å². The maximum Gasteiger partial charge on any atom is 0.147 e. The number of allylic oxidation sites excluding steroid dienone is 2. The first-order valence-corrected chi connectivity index (χ1v) is 19.5. The molecule has 0 aliphatic rings. The minimum Gasteiger partial charge on any atom is -0.460 e. The molecule has 2 aromatic heterocycles. The first kappa shape index (κ1) is 33.0. The van der Waals surface area contributed by atoms with Crippen LogP contribution in [0.5, 0.6) is 0 Å². The molecule has 0 amide bonds. The molecule has 268 valence electrons. The van der Waals surface area contributed by atoms with Crippen molar-refractivity contribution in [2.45, 2.75) is 6.92 Å². The lowest BCUT2D eigenvalue weighted by Gasteiger charge is -2.19. The Bertz CT molecular complexity index is 3380. The minimum atomic E-state index is 0.824. The SMILES string of the molecule is C=C/C=C\c1c(C)oc2c1cc(-c1cccc(-c3c4ccccc4c(-c4cccc(-c5cccc6ccccc56)c4)c4ccccc34)c1)c1oc3ccccc3c12. The Hall–Kier alpha value is -7.42. The second-order valence-electron chi connectivity index (χ2n) is 14.8. The molecular weight excluding hydrogens is 693 g/mol. The van der Waals surface area contributed by atoms with Gasteiger partial charge in [0.2, 0.25) is 0 Å². The highest BCUT2D eigenvalue weighted by Crippen LogP contribution is 2.47. The molecule has 2 heterocycles. The minimum absolute atomic E-state index is 0.824. The summed E-state index contributed by atoms with van der Waals surface area (Å²) < 4.78 is 13.2. The Labute approximate surface area is 330 Å². The maximum atomic E-state index is 6.70. The molecule has 9 aromatic carbocycles. The molecule has 0 aliphatic carbocycles. The fourth-order valence-corrected chi connectivity index (χ4v) is 9.07. The van der Waals surface area contributed by atoms with Gasteiger partial charge in [0.05, 0.1) is 5.39 Å². The van der Waals surface area contributed by atoms with Gasteiger partial charge in [0, 0.05) is 21.9 Å². The lowest BCUT2D eigenvalue weighted by atomic mass is 9.84. The smallest absolute Gasteiger partial charge is 0.147 e. The number of furan rings is 2. The molecule has 0 unspecified atom stereocenters. The molecule has 0 saturated heterocycles. The predicted molar refractivity (Wildman–Crippen MR) is 242 cm³/mol. The summed E-state index contributed by atoms with van der Waals surface area (Å²) in [7, 11) is 0. The quantitative estimate of drug-likeness (QED) is 0.126. The van der Waals surface area contributed by atoms with E-state index in [0.29, 0.717) is 0 Å². The highest BCUT2D eigenvalue weighted by atomic mass is 16.3. The molecule has 0 N–H and O–H groups in total. The molecule has 2 nitrogen and oxygen atoms in total. The molecule has 0 bridgehead atoms. The maximum absolute atomic E-state index is 6.70. The summed E-state index contributed by atoms with van der Waals surface area (Å²) in [5, 5.41) is 10.5. The zero-order chi connectivity index (χ0) is 38.0. The highest BCUT2D eigenvalue weighted by Gasteiger charge is 2.23. The molecule has 0 spiro atoms. The van der Waals surface area contributed by atoms with Crippen molar-refractivity contribution >= 4 is 71.3 Å². The van der Waals surface area contributed by atoms with Crippen molar-refractivity contribution in [3.05, 3.63) is 200 Å². The van der Waals surface area contributed by atoms with Crippen molar-refractivity contribution in [1.29, 1.82) is 0 Å². The number of hydrogen-bond donors (Lipinski definition) is 0. The summed E-state index contributed by atoms with van der Waals surface area (Å²) in [6.07, 6.45) is 5.85. The van der Waals surface area contributed by atoms with Gasteiger partial charge >= 0.3 is 0 Å². The van der Waals surface area contributed by atoms with E-state index in [2.05, 4.69) is 170 Å². The number of aryl methyl sites for hydroxylation is 1. The van der Waals surface area contributed by atoms with Gasteiger partial charge in [-0.25, -0.2) is 0 Å². The average molecular weight is 729 g/mol. The van der Waals surface area contributed by atoms with Crippen LogP contribution >= 0.6 is 0 Å². The standard InChI is InChI=1S/C55H36O2/c1-3-4-22-40-34(2)56-55-49(40)33-48(54-53(55)47-28-11-12-30-50(47)57-54)37-19-14-21-39(32-37)52-45-26-9-7-24-43(45)51(44-25-8-10-27-46(44)52)38-20-13-18-36(31-38)42-29-15-17-35-16-5-6-23-41(35)42/h3-33H,1H2,2H3/b22-4-. The fourth-order valence-electron chi connectivity index (χ4n) is 9.07. The Kier molecular flexibility index (Phi) is 7.58. The average Bonchev–Trinajstić information content (AvgIpc) is 3.81. The Balaban J connectivity index is 1.15. The summed E-state index contributed by atoms with van der Waals surface area (Å²) in [5.41, 5.74) is 12.9. The van der Waals surface area contributed by atoms with Gasteiger partial charge in [-0.15, -0.1) is 0 Å². The van der Waals surface area contributed by atoms with Crippen molar-refractivity contribution in [3.8, 4) is 44.5 Å². The van der Waals surface area contributed by atoms with E-state index in [1.54, 1.807) is 6.08 Å². The van der Waals surface area contributed by atoms with Gasteiger partial charge in [-0.3, -0.25) is 0 Å². The van der Waals surface area contributed by atoms with Crippen molar-refractivity contribution in [3.63, 3.8) is 0 Å². The van der Waals surface area contributed by atoms with Gasteiger partial charge in [0.25, 0.3) is 0 Å². The molecule has 0 saturated carbocycles. The van der Waals surface area contributed by atoms with Gasteiger partial charge in [0.1, 0.15) is 22.5 Å². The summed E-state index contributed by atoms with van der Waals surface area (Å²) in [4.78, 5) is 0. The molecule has 11 aromatic rings. The van der Waals surface area contributed by atoms with Crippen LogP contribution in [0.4, 0.5) is 0 Å². The zero-order valence-electron chi connectivity index (χ0n) is 31.4. The molecule has 0 atom stereocenters. The van der Waals surface area contributed by atoms with E-state index in [1.165, 1.54) is 60.1 Å². The van der Waals surface area contributed by atoms with E-state index in [0.717, 1.165) is 60.9 Å². The third kappa shape index (κ3) is 5.18. The topological polar surface area (TPSA) is 26.3 Å². The van der Waals surface area contributed by atoms with E-state index in [-0.39, 0.29) is 0 Å². The number of rotatable bonds is 6. The van der Waals surface area contributed by atoms with Crippen LogP contribution in [0.2, 0.25) is 0 Å². The molecule has 57 heavy (non-hydrogen) atoms. The lowest BCUT2D eigenvalue weighted by Crippen LogP contribution is -1.92. The highest BCUT2D eigenvalue weighted by molar-refractivity contribution is 6.24. The summed E-state index contributed by atoms with van der Waals surface area (Å²) in [5.74, 6) is 0.862. The predicted octanol–water partition coefficient (Wildman–Crippen LogP) is 16.0. The summed E-state index contributed by atoms with van der Waals surface area (Å²) in [6, 6.07) is 61.4. The fraction of sp³-hybridized carbons (Fsp3) is 0.0182. The monoisotopic (exact) mass is 728 g/mol. The summed E-state index contributed by atoms with van der Waals surface area (Å²) >= 11 is 0. The van der Waals surface area contributed by atoms with E-state index < -0.39 is 0 Å². The van der Waals surface area contributed by atoms with Gasteiger partial charge in [-0.05, 0) is 102 Å². The van der Waals surface area contributed by atoms with E-state index in [9.17, 15) is 0 Å². The normalized spacial score (nSPS) is 11.9. The number of fused-ring (bicyclic) bond motifs is 8. The number of para-hydroxylation sites is 1. The van der Waals surface area contributed by atoms with E-state index in [1.807, 2.05) is 25.1 Å². The van der Waals surface area contributed by atoms with Gasteiger partial charge in [-0.2, -0.15) is 0 Å². The number of hydrogen-bond acceptors (Lipinski definition) is 2. The first-order valence-electron chi connectivity index (χ1n) is 19.5. The van der Waals surface area contributed by atoms with Crippen LogP contribution in [0.15, 0.2) is 197 Å². The van der Waals surface area contributed by atoms with Crippen molar-refractivity contribution in [2.24, 2.45) is 0 Å². The van der Waals surface area contributed by atoms with Crippen molar-refractivity contribution in [1.82, 2.24) is 0 Å².